The molecule has 0 aromatic heterocycles. The summed E-state index contributed by atoms with van der Waals surface area (Å²) in [6.07, 6.45) is 0. The van der Waals surface area contributed by atoms with Crippen LogP contribution < -0.4 is 20.1 Å². The smallest absolute Gasteiger partial charge is 0.191 e. The average molecular weight is 348 g/mol. The summed E-state index contributed by atoms with van der Waals surface area (Å²) in [6, 6.07) is 15.2. The lowest BCUT2D eigenvalue weighted by Gasteiger charge is -2.13. The fourth-order valence-electron chi connectivity index (χ4n) is 2.06. The lowest BCUT2D eigenvalue weighted by Crippen LogP contribution is -2.38. The first-order valence-electron chi connectivity index (χ1n) is 7.67. The van der Waals surface area contributed by atoms with E-state index in [1.54, 1.807) is 14.2 Å². The Morgan fingerprint density at radius 1 is 1.08 bits per heavy atom. The molecule has 0 aliphatic carbocycles. The molecular formula is C18H22ClN3O2. The van der Waals surface area contributed by atoms with Gasteiger partial charge in [0.05, 0.1) is 13.7 Å². The highest BCUT2D eigenvalue weighted by atomic mass is 35.5. The van der Waals surface area contributed by atoms with E-state index in [0.717, 1.165) is 22.1 Å². The van der Waals surface area contributed by atoms with Crippen LogP contribution in [0.15, 0.2) is 53.5 Å². The van der Waals surface area contributed by atoms with Crippen LogP contribution in [0, 0.1) is 0 Å². The molecule has 0 fully saturated rings. The van der Waals surface area contributed by atoms with E-state index in [1.165, 1.54) is 0 Å². The van der Waals surface area contributed by atoms with Crippen molar-refractivity contribution in [3.8, 4) is 11.5 Å². The zero-order valence-electron chi connectivity index (χ0n) is 13.9. The number of guanidine groups is 1. The second-order valence-electron chi connectivity index (χ2n) is 5.01. The minimum absolute atomic E-state index is 0.532. The standard InChI is InChI=1S/C18H22ClN3O2/c1-20-18(22-13-14-4-3-5-15(19)12-14)21-10-11-24-17-8-6-16(23-2)7-9-17/h3-9,12H,10-11,13H2,1-2H3,(H2,20,21,22). The van der Waals surface area contributed by atoms with Crippen LogP contribution in [0.5, 0.6) is 11.5 Å². The third-order valence-electron chi connectivity index (χ3n) is 3.30. The fourth-order valence-corrected chi connectivity index (χ4v) is 2.28. The van der Waals surface area contributed by atoms with Crippen LogP contribution in [0.4, 0.5) is 0 Å². The van der Waals surface area contributed by atoms with Crippen LogP contribution >= 0.6 is 11.6 Å². The first-order chi connectivity index (χ1) is 11.7. The highest BCUT2D eigenvalue weighted by Gasteiger charge is 2.00. The molecule has 0 radical (unpaired) electrons. The minimum Gasteiger partial charge on any atom is -0.497 e. The number of ether oxygens (including phenoxy) is 2. The molecule has 0 amide bonds. The number of hydrogen-bond donors (Lipinski definition) is 2. The van der Waals surface area contributed by atoms with Gasteiger partial charge in [-0.2, -0.15) is 0 Å². The van der Waals surface area contributed by atoms with Crippen LogP contribution in [0.1, 0.15) is 5.56 Å². The van der Waals surface area contributed by atoms with Crippen molar-refractivity contribution in [2.24, 2.45) is 4.99 Å². The van der Waals surface area contributed by atoms with Crippen molar-refractivity contribution in [2.75, 3.05) is 27.3 Å². The monoisotopic (exact) mass is 347 g/mol. The Hall–Kier alpha value is -2.40. The molecular weight excluding hydrogens is 326 g/mol. The second-order valence-corrected chi connectivity index (χ2v) is 5.44. The van der Waals surface area contributed by atoms with E-state index < -0.39 is 0 Å². The molecule has 5 nitrogen and oxygen atoms in total. The molecule has 2 rings (SSSR count). The SMILES string of the molecule is CN=C(NCCOc1ccc(OC)cc1)NCc1cccc(Cl)c1. The molecule has 24 heavy (non-hydrogen) atoms. The van der Waals surface area contributed by atoms with Crippen molar-refractivity contribution in [3.05, 3.63) is 59.1 Å². The Kier molecular flexibility index (Phi) is 7.23. The maximum absolute atomic E-state index is 5.98. The summed E-state index contributed by atoms with van der Waals surface area (Å²) in [7, 11) is 3.37. The number of methoxy groups -OCH3 is 1. The van der Waals surface area contributed by atoms with Crippen molar-refractivity contribution in [1.29, 1.82) is 0 Å². The molecule has 0 aliphatic rings. The summed E-state index contributed by atoms with van der Waals surface area (Å²) < 4.78 is 10.8. The Bertz CT molecular complexity index is 660. The number of hydrogen-bond acceptors (Lipinski definition) is 3. The van der Waals surface area contributed by atoms with Crippen molar-refractivity contribution in [3.63, 3.8) is 0 Å². The second kappa shape index (κ2) is 9.67. The fraction of sp³-hybridized carbons (Fsp3) is 0.278. The summed E-state index contributed by atoms with van der Waals surface area (Å²) in [5, 5.41) is 7.17. The quantitative estimate of drug-likeness (QED) is 0.459. The zero-order valence-corrected chi connectivity index (χ0v) is 14.6. The van der Waals surface area contributed by atoms with E-state index in [4.69, 9.17) is 21.1 Å². The molecule has 0 saturated heterocycles. The maximum Gasteiger partial charge on any atom is 0.191 e. The van der Waals surface area contributed by atoms with E-state index >= 15 is 0 Å². The van der Waals surface area contributed by atoms with Crippen LogP contribution in [-0.4, -0.2) is 33.3 Å². The van der Waals surface area contributed by atoms with Crippen molar-refractivity contribution in [2.45, 2.75) is 6.54 Å². The third kappa shape index (κ3) is 6.01. The molecule has 0 atom stereocenters. The number of nitrogens with one attached hydrogen (secondary N) is 2. The van der Waals surface area contributed by atoms with Crippen LogP contribution in [0.25, 0.3) is 0 Å². The van der Waals surface area contributed by atoms with E-state index in [0.29, 0.717) is 25.7 Å². The topological polar surface area (TPSA) is 54.9 Å². The lowest BCUT2D eigenvalue weighted by atomic mass is 10.2. The predicted molar refractivity (Wildman–Crippen MR) is 98.1 cm³/mol. The zero-order chi connectivity index (χ0) is 17.2. The van der Waals surface area contributed by atoms with Crippen LogP contribution in [-0.2, 0) is 6.54 Å². The predicted octanol–water partition coefficient (Wildman–Crippen LogP) is 3.09. The molecule has 0 unspecified atom stereocenters. The van der Waals surface area contributed by atoms with Crippen LogP contribution in [0.3, 0.4) is 0 Å². The van der Waals surface area contributed by atoms with Crippen molar-refractivity contribution < 1.29 is 9.47 Å². The molecule has 0 spiro atoms. The summed E-state index contributed by atoms with van der Waals surface area (Å²) in [4.78, 5) is 4.18. The summed E-state index contributed by atoms with van der Waals surface area (Å²) >= 11 is 5.98. The Morgan fingerprint density at radius 2 is 1.83 bits per heavy atom. The van der Waals surface area contributed by atoms with Gasteiger partial charge in [0.25, 0.3) is 0 Å². The number of halogens is 1. The Labute approximate surface area is 147 Å². The van der Waals surface area contributed by atoms with Gasteiger partial charge in [0.15, 0.2) is 5.96 Å². The number of benzene rings is 2. The van der Waals surface area contributed by atoms with E-state index in [2.05, 4.69) is 15.6 Å². The first kappa shape index (κ1) is 17.9. The number of aliphatic imine (C=N–C) groups is 1. The van der Waals surface area contributed by atoms with Gasteiger partial charge in [-0.15, -0.1) is 0 Å². The molecule has 2 aromatic carbocycles. The third-order valence-corrected chi connectivity index (χ3v) is 3.53. The Balaban J connectivity index is 1.69. The molecule has 0 saturated carbocycles. The summed E-state index contributed by atoms with van der Waals surface area (Å²) in [5.41, 5.74) is 1.10. The summed E-state index contributed by atoms with van der Waals surface area (Å²) in [6.45, 7) is 1.82. The van der Waals surface area contributed by atoms with Gasteiger partial charge in [-0.3, -0.25) is 4.99 Å². The van der Waals surface area contributed by atoms with Gasteiger partial charge in [-0.25, -0.2) is 0 Å². The molecule has 0 heterocycles. The largest absolute Gasteiger partial charge is 0.497 e. The molecule has 0 bridgehead atoms. The van der Waals surface area contributed by atoms with Gasteiger partial charge in [0.1, 0.15) is 18.1 Å². The van der Waals surface area contributed by atoms with Crippen molar-refractivity contribution >= 4 is 17.6 Å². The Morgan fingerprint density at radius 3 is 2.50 bits per heavy atom. The number of nitrogens with zero attached hydrogens (tertiary/aromatic N) is 1. The average Bonchev–Trinajstić information content (AvgIpc) is 2.61. The summed E-state index contributed by atoms with van der Waals surface area (Å²) in [5.74, 6) is 2.33. The van der Waals surface area contributed by atoms with Gasteiger partial charge in [-0.05, 0) is 42.0 Å². The van der Waals surface area contributed by atoms with Gasteiger partial charge >= 0.3 is 0 Å². The van der Waals surface area contributed by atoms with E-state index in [9.17, 15) is 0 Å². The maximum atomic E-state index is 5.98. The van der Waals surface area contributed by atoms with Gasteiger partial charge in [0.2, 0.25) is 0 Å². The van der Waals surface area contributed by atoms with E-state index in [-0.39, 0.29) is 0 Å². The normalized spacial score (nSPS) is 11.0. The van der Waals surface area contributed by atoms with Gasteiger partial charge in [-0.1, -0.05) is 23.7 Å². The lowest BCUT2D eigenvalue weighted by molar-refractivity contribution is 0.321. The van der Waals surface area contributed by atoms with Gasteiger partial charge in [0, 0.05) is 18.6 Å². The highest BCUT2D eigenvalue weighted by Crippen LogP contribution is 2.16. The number of rotatable bonds is 7. The molecule has 2 aromatic rings. The molecule has 2 N–H and O–H groups in total. The van der Waals surface area contributed by atoms with Crippen molar-refractivity contribution in [1.82, 2.24) is 10.6 Å². The first-order valence-corrected chi connectivity index (χ1v) is 8.05. The van der Waals surface area contributed by atoms with Gasteiger partial charge < -0.3 is 20.1 Å². The van der Waals surface area contributed by atoms with Crippen LogP contribution in [0.2, 0.25) is 5.02 Å². The molecule has 6 heteroatoms. The highest BCUT2D eigenvalue weighted by molar-refractivity contribution is 6.30. The molecule has 0 aliphatic heterocycles. The van der Waals surface area contributed by atoms with E-state index in [1.807, 2.05) is 48.5 Å². The minimum atomic E-state index is 0.532. The molecule has 128 valence electrons.